The molecule has 0 aliphatic carbocycles. The lowest BCUT2D eigenvalue weighted by molar-refractivity contribution is -0.133. The highest BCUT2D eigenvalue weighted by Gasteiger charge is 2.15. The van der Waals surface area contributed by atoms with Crippen molar-refractivity contribution in [3.05, 3.63) is 22.5 Å². The van der Waals surface area contributed by atoms with Crippen LogP contribution in [0.15, 0.2) is 22.1 Å². The number of aliphatic carboxylic acids is 1. The molecular formula is C10H11N5O3S. The summed E-state index contributed by atoms with van der Waals surface area (Å²) < 4.78 is 1.74. The predicted octanol–water partition coefficient (Wildman–Crippen LogP) is 0.225. The fourth-order valence-corrected chi connectivity index (χ4v) is 2.19. The minimum absolute atomic E-state index is 0.0861. The first-order valence-electron chi connectivity index (χ1n) is 5.45. The van der Waals surface area contributed by atoms with Crippen molar-refractivity contribution in [3.8, 4) is 11.5 Å². The first-order chi connectivity index (χ1) is 9.11. The third-order valence-corrected chi connectivity index (χ3v) is 3.22. The second-order valence-electron chi connectivity index (χ2n) is 3.54. The topological polar surface area (TPSA) is 114 Å². The van der Waals surface area contributed by atoms with Gasteiger partial charge in [0.15, 0.2) is 11.0 Å². The van der Waals surface area contributed by atoms with Crippen LogP contribution in [-0.2, 0) is 11.3 Å². The Hall–Kier alpha value is -2.16. The highest BCUT2D eigenvalue weighted by Crippen LogP contribution is 2.21. The molecule has 0 radical (unpaired) electrons. The first-order valence-corrected chi connectivity index (χ1v) is 6.44. The molecule has 9 heteroatoms. The van der Waals surface area contributed by atoms with Crippen molar-refractivity contribution in [3.63, 3.8) is 0 Å². The summed E-state index contributed by atoms with van der Waals surface area (Å²) in [4.78, 5) is 21.5. The van der Waals surface area contributed by atoms with Gasteiger partial charge >= 0.3 is 5.97 Å². The molecule has 0 bridgehead atoms. The van der Waals surface area contributed by atoms with Crippen LogP contribution in [0, 0.1) is 0 Å². The molecule has 0 saturated heterocycles. The molecule has 0 aliphatic rings. The molecule has 0 aliphatic heterocycles. The van der Waals surface area contributed by atoms with E-state index in [4.69, 9.17) is 5.11 Å². The molecule has 0 amide bonds. The summed E-state index contributed by atoms with van der Waals surface area (Å²) >= 11 is 1.09. The Labute approximate surface area is 111 Å². The van der Waals surface area contributed by atoms with Crippen molar-refractivity contribution in [2.75, 3.05) is 5.75 Å². The van der Waals surface area contributed by atoms with E-state index in [0.29, 0.717) is 23.2 Å². The average molecular weight is 281 g/mol. The number of thioether (sulfide) groups is 1. The van der Waals surface area contributed by atoms with E-state index in [0.717, 1.165) is 11.8 Å². The van der Waals surface area contributed by atoms with E-state index < -0.39 is 5.97 Å². The number of carboxylic acid groups (broad SMARTS) is 1. The van der Waals surface area contributed by atoms with E-state index in [2.05, 4.69) is 20.4 Å². The summed E-state index contributed by atoms with van der Waals surface area (Å²) in [7, 11) is 0. The zero-order valence-corrected chi connectivity index (χ0v) is 10.8. The summed E-state index contributed by atoms with van der Waals surface area (Å²) in [6, 6.07) is 2.89. The predicted molar refractivity (Wildman–Crippen MR) is 67.9 cm³/mol. The van der Waals surface area contributed by atoms with Crippen molar-refractivity contribution in [2.24, 2.45) is 0 Å². The minimum Gasteiger partial charge on any atom is -0.481 e. The van der Waals surface area contributed by atoms with Crippen LogP contribution in [0.3, 0.4) is 0 Å². The van der Waals surface area contributed by atoms with Gasteiger partial charge in [-0.2, -0.15) is 5.10 Å². The Bertz CT molecular complexity index is 630. The second kappa shape index (κ2) is 5.65. The largest absolute Gasteiger partial charge is 0.481 e. The van der Waals surface area contributed by atoms with Crippen LogP contribution in [0.4, 0.5) is 0 Å². The fourth-order valence-electron chi connectivity index (χ4n) is 1.47. The smallest absolute Gasteiger partial charge is 0.313 e. The third-order valence-electron chi connectivity index (χ3n) is 2.27. The van der Waals surface area contributed by atoms with Gasteiger partial charge in [0.2, 0.25) is 0 Å². The number of rotatable bonds is 5. The lowest BCUT2D eigenvalue weighted by atomic mass is 10.3. The van der Waals surface area contributed by atoms with Gasteiger partial charge in [0.05, 0.1) is 5.75 Å². The molecule has 2 rings (SSSR count). The molecule has 0 fully saturated rings. The zero-order valence-electron chi connectivity index (χ0n) is 10.0. The summed E-state index contributed by atoms with van der Waals surface area (Å²) in [5, 5.41) is 23.3. The van der Waals surface area contributed by atoms with Crippen molar-refractivity contribution in [2.45, 2.75) is 18.6 Å². The van der Waals surface area contributed by atoms with Crippen LogP contribution in [-0.4, -0.2) is 41.8 Å². The number of aromatic amines is 1. The van der Waals surface area contributed by atoms with Gasteiger partial charge in [-0.3, -0.25) is 9.59 Å². The number of nitrogens with one attached hydrogen (secondary N) is 1. The van der Waals surface area contributed by atoms with Crippen molar-refractivity contribution < 1.29 is 9.90 Å². The first kappa shape index (κ1) is 13.3. The summed E-state index contributed by atoms with van der Waals surface area (Å²) in [5.41, 5.74) is 0.183. The number of aromatic nitrogens is 5. The van der Waals surface area contributed by atoms with E-state index in [9.17, 15) is 9.59 Å². The van der Waals surface area contributed by atoms with Crippen LogP contribution in [0.1, 0.15) is 6.92 Å². The van der Waals surface area contributed by atoms with Crippen molar-refractivity contribution in [1.29, 1.82) is 0 Å². The normalized spacial score (nSPS) is 10.6. The van der Waals surface area contributed by atoms with Gasteiger partial charge in [-0.1, -0.05) is 11.8 Å². The van der Waals surface area contributed by atoms with Gasteiger partial charge in [0, 0.05) is 12.6 Å². The van der Waals surface area contributed by atoms with E-state index in [1.54, 1.807) is 10.6 Å². The molecule has 2 heterocycles. The third kappa shape index (κ3) is 2.99. The molecule has 2 aromatic rings. The molecule has 0 unspecified atom stereocenters. The highest BCUT2D eigenvalue weighted by atomic mass is 32.2. The summed E-state index contributed by atoms with van der Waals surface area (Å²) in [6.07, 6.45) is 0. The maximum Gasteiger partial charge on any atom is 0.313 e. The van der Waals surface area contributed by atoms with Gasteiger partial charge in [-0.05, 0) is 13.0 Å². The van der Waals surface area contributed by atoms with Crippen LogP contribution in [0.2, 0.25) is 0 Å². The van der Waals surface area contributed by atoms with Crippen LogP contribution >= 0.6 is 11.8 Å². The van der Waals surface area contributed by atoms with E-state index in [1.165, 1.54) is 6.07 Å². The van der Waals surface area contributed by atoms with Gasteiger partial charge < -0.3 is 9.67 Å². The average Bonchev–Trinajstić information content (AvgIpc) is 2.80. The molecule has 19 heavy (non-hydrogen) atoms. The molecule has 0 atom stereocenters. The molecule has 2 aromatic heterocycles. The Balaban J connectivity index is 2.33. The second-order valence-corrected chi connectivity index (χ2v) is 4.48. The van der Waals surface area contributed by atoms with Gasteiger partial charge in [0.25, 0.3) is 5.56 Å². The zero-order chi connectivity index (χ0) is 13.8. The monoisotopic (exact) mass is 281 g/mol. The fraction of sp³-hybridized carbons (Fsp3) is 0.300. The Morgan fingerprint density at radius 2 is 2.26 bits per heavy atom. The lowest BCUT2D eigenvalue weighted by Gasteiger charge is -2.05. The van der Waals surface area contributed by atoms with Gasteiger partial charge in [-0.15, -0.1) is 10.2 Å². The maximum absolute atomic E-state index is 11.0. The highest BCUT2D eigenvalue weighted by molar-refractivity contribution is 7.99. The molecule has 8 nitrogen and oxygen atoms in total. The van der Waals surface area contributed by atoms with Crippen LogP contribution < -0.4 is 5.56 Å². The molecule has 0 spiro atoms. The van der Waals surface area contributed by atoms with Crippen LogP contribution in [0.5, 0.6) is 0 Å². The Kier molecular flexibility index (Phi) is 3.95. The van der Waals surface area contributed by atoms with Gasteiger partial charge in [0.1, 0.15) is 5.69 Å². The lowest BCUT2D eigenvalue weighted by Crippen LogP contribution is -2.08. The SMILES string of the molecule is CCn1c(SCC(=O)O)nnc1-c1ccc(=O)[nH]n1. The molecule has 2 N–H and O–H groups in total. The number of carbonyl (C=O) groups is 1. The summed E-state index contributed by atoms with van der Waals surface area (Å²) in [5.74, 6) is -0.511. The molecule has 0 aromatic carbocycles. The van der Waals surface area contributed by atoms with Crippen molar-refractivity contribution >= 4 is 17.7 Å². The number of H-pyrrole nitrogens is 1. The molecule has 0 saturated carbocycles. The molecular weight excluding hydrogens is 270 g/mol. The number of nitrogens with zero attached hydrogens (tertiary/aromatic N) is 4. The number of carboxylic acids is 1. The quantitative estimate of drug-likeness (QED) is 0.754. The number of hydrogen-bond acceptors (Lipinski definition) is 6. The van der Waals surface area contributed by atoms with E-state index in [-0.39, 0.29) is 11.3 Å². The number of hydrogen-bond donors (Lipinski definition) is 2. The Morgan fingerprint density at radius 1 is 1.47 bits per heavy atom. The standard InChI is InChI=1S/C10H11N5O3S/c1-2-15-9(6-3-4-7(16)12-11-6)13-14-10(15)19-5-8(17)18/h3-4H,2,5H2,1H3,(H,12,16)(H,17,18). The van der Waals surface area contributed by atoms with Crippen LogP contribution in [0.25, 0.3) is 11.5 Å². The maximum atomic E-state index is 11.0. The summed E-state index contributed by atoms with van der Waals surface area (Å²) in [6.45, 7) is 2.47. The molecule has 100 valence electrons. The Morgan fingerprint density at radius 3 is 2.84 bits per heavy atom. The van der Waals surface area contributed by atoms with E-state index in [1.807, 2.05) is 6.92 Å². The van der Waals surface area contributed by atoms with Gasteiger partial charge in [-0.25, -0.2) is 5.10 Å². The van der Waals surface area contributed by atoms with E-state index >= 15 is 0 Å². The van der Waals surface area contributed by atoms with Crippen molar-refractivity contribution in [1.82, 2.24) is 25.0 Å². The minimum atomic E-state index is -0.917.